The van der Waals surface area contributed by atoms with Crippen molar-refractivity contribution in [3.05, 3.63) is 62.2 Å². The molecule has 0 bridgehead atoms. The lowest BCUT2D eigenvalue weighted by atomic mass is 10.1. The number of fused-ring (bicyclic) bond motifs is 1. The molecule has 0 radical (unpaired) electrons. The largest absolute Gasteiger partial charge is 0.336 e. The SMILES string of the molecule is Cc1ccc(C)c(NC(=O)Cc2cnc3n(C)c(=O)[nH]c(=O)n23)c1. The van der Waals surface area contributed by atoms with Crippen molar-refractivity contribution in [3.8, 4) is 0 Å². The molecule has 8 heteroatoms. The Morgan fingerprint density at radius 1 is 1.25 bits per heavy atom. The first kappa shape index (κ1) is 15.7. The molecule has 0 aliphatic heterocycles. The zero-order valence-electron chi connectivity index (χ0n) is 13.6. The molecular weight excluding hydrogens is 310 g/mol. The van der Waals surface area contributed by atoms with Crippen molar-refractivity contribution in [1.29, 1.82) is 0 Å². The summed E-state index contributed by atoms with van der Waals surface area (Å²) in [5.74, 6) is -0.0722. The lowest BCUT2D eigenvalue weighted by Crippen LogP contribution is -2.34. The maximum absolute atomic E-state index is 12.3. The van der Waals surface area contributed by atoms with Crippen molar-refractivity contribution in [3.63, 3.8) is 0 Å². The molecule has 0 fully saturated rings. The number of carbonyl (C=O) groups excluding carboxylic acids is 1. The Balaban J connectivity index is 1.92. The summed E-state index contributed by atoms with van der Waals surface area (Å²) in [6, 6.07) is 5.79. The Kier molecular flexibility index (Phi) is 3.80. The molecule has 124 valence electrons. The lowest BCUT2D eigenvalue weighted by Gasteiger charge is -2.09. The zero-order valence-corrected chi connectivity index (χ0v) is 13.6. The number of imidazole rings is 1. The summed E-state index contributed by atoms with van der Waals surface area (Å²) in [5, 5.41) is 2.84. The zero-order chi connectivity index (χ0) is 17.4. The topological polar surface area (TPSA) is 101 Å². The van der Waals surface area contributed by atoms with Crippen LogP contribution in [0.1, 0.15) is 16.8 Å². The van der Waals surface area contributed by atoms with Crippen molar-refractivity contribution in [2.45, 2.75) is 20.3 Å². The van der Waals surface area contributed by atoms with Gasteiger partial charge in [0.15, 0.2) is 0 Å². The third kappa shape index (κ3) is 2.73. The first-order chi connectivity index (χ1) is 11.4. The first-order valence-electron chi connectivity index (χ1n) is 7.39. The van der Waals surface area contributed by atoms with E-state index in [9.17, 15) is 14.4 Å². The van der Waals surface area contributed by atoms with E-state index in [-0.39, 0.29) is 18.1 Å². The quantitative estimate of drug-likeness (QED) is 0.732. The number of aromatic nitrogens is 4. The van der Waals surface area contributed by atoms with Crippen LogP contribution in [0.25, 0.3) is 5.78 Å². The Morgan fingerprint density at radius 2 is 2.00 bits per heavy atom. The van der Waals surface area contributed by atoms with E-state index in [0.717, 1.165) is 16.8 Å². The van der Waals surface area contributed by atoms with E-state index in [1.807, 2.05) is 32.0 Å². The van der Waals surface area contributed by atoms with E-state index in [1.54, 1.807) is 0 Å². The number of benzene rings is 1. The van der Waals surface area contributed by atoms with E-state index in [0.29, 0.717) is 5.69 Å². The van der Waals surface area contributed by atoms with E-state index >= 15 is 0 Å². The van der Waals surface area contributed by atoms with E-state index in [1.165, 1.54) is 22.2 Å². The molecule has 24 heavy (non-hydrogen) atoms. The first-order valence-corrected chi connectivity index (χ1v) is 7.39. The highest BCUT2D eigenvalue weighted by Crippen LogP contribution is 2.16. The van der Waals surface area contributed by atoms with Gasteiger partial charge in [-0.15, -0.1) is 0 Å². The molecule has 0 aliphatic rings. The van der Waals surface area contributed by atoms with Gasteiger partial charge < -0.3 is 5.32 Å². The van der Waals surface area contributed by atoms with Gasteiger partial charge in [-0.2, -0.15) is 0 Å². The molecule has 0 unspecified atom stereocenters. The third-order valence-corrected chi connectivity index (χ3v) is 3.85. The number of amides is 1. The van der Waals surface area contributed by atoms with Crippen molar-refractivity contribution in [2.75, 3.05) is 5.32 Å². The lowest BCUT2D eigenvalue weighted by molar-refractivity contribution is -0.115. The molecule has 0 saturated carbocycles. The van der Waals surface area contributed by atoms with Gasteiger partial charge in [-0.05, 0) is 31.0 Å². The number of nitrogens with zero attached hydrogens (tertiary/aromatic N) is 3. The number of rotatable bonds is 3. The van der Waals surface area contributed by atoms with Crippen molar-refractivity contribution in [1.82, 2.24) is 18.9 Å². The highest BCUT2D eigenvalue weighted by molar-refractivity contribution is 5.92. The van der Waals surface area contributed by atoms with Crippen LogP contribution < -0.4 is 16.7 Å². The molecule has 0 aliphatic carbocycles. The number of carbonyl (C=O) groups is 1. The monoisotopic (exact) mass is 327 g/mol. The van der Waals surface area contributed by atoms with Crippen LogP contribution in [0.4, 0.5) is 5.69 Å². The highest BCUT2D eigenvalue weighted by atomic mass is 16.2. The Bertz CT molecular complexity index is 1060. The molecule has 2 heterocycles. The maximum atomic E-state index is 12.3. The van der Waals surface area contributed by atoms with Crippen LogP contribution in [0.3, 0.4) is 0 Å². The summed E-state index contributed by atoms with van der Waals surface area (Å²) in [6.45, 7) is 3.85. The molecule has 8 nitrogen and oxygen atoms in total. The molecular formula is C16H17N5O3. The standard InChI is InChI=1S/C16H17N5O3/c1-9-4-5-10(2)12(6-9)18-13(22)7-11-8-17-14-20(3)15(23)19-16(24)21(11)14/h4-6,8H,7H2,1-3H3,(H,18,22)(H,19,23,24). The fourth-order valence-electron chi connectivity index (χ4n) is 2.51. The summed E-state index contributed by atoms with van der Waals surface area (Å²) in [5.41, 5.74) is 1.97. The minimum absolute atomic E-state index is 0.0319. The second kappa shape index (κ2) is 5.80. The maximum Gasteiger partial charge on any atom is 0.336 e. The van der Waals surface area contributed by atoms with Crippen molar-refractivity contribution < 1.29 is 4.79 Å². The van der Waals surface area contributed by atoms with Crippen LogP contribution in [0, 0.1) is 13.8 Å². The van der Waals surface area contributed by atoms with Gasteiger partial charge >= 0.3 is 11.4 Å². The van der Waals surface area contributed by atoms with Crippen LogP contribution in [0.2, 0.25) is 0 Å². The summed E-state index contributed by atoms with van der Waals surface area (Å²) in [4.78, 5) is 42.1. The van der Waals surface area contributed by atoms with Gasteiger partial charge in [-0.1, -0.05) is 12.1 Å². The fraction of sp³-hybridized carbons (Fsp3) is 0.250. The molecule has 2 aromatic heterocycles. The number of anilines is 1. The number of aryl methyl sites for hydroxylation is 3. The molecule has 1 aromatic carbocycles. The predicted molar refractivity (Wildman–Crippen MR) is 89.3 cm³/mol. The Labute approximate surface area is 136 Å². The number of nitrogens with one attached hydrogen (secondary N) is 2. The van der Waals surface area contributed by atoms with Crippen molar-refractivity contribution in [2.24, 2.45) is 7.05 Å². The normalized spacial score (nSPS) is 11.0. The van der Waals surface area contributed by atoms with E-state index in [4.69, 9.17) is 0 Å². The smallest absolute Gasteiger partial charge is 0.326 e. The number of aromatic amines is 1. The molecule has 2 N–H and O–H groups in total. The van der Waals surface area contributed by atoms with Gasteiger partial charge in [0.05, 0.1) is 18.3 Å². The number of H-pyrrole nitrogens is 1. The summed E-state index contributed by atoms with van der Waals surface area (Å²) in [7, 11) is 1.50. The Hall–Kier alpha value is -3.16. The minimum atomic E-state index is -0.611. The number of hydrogen-bond acceptors (Lipinski definition) is 4. The highest BCUT2D eigenvalue weighted by Gasteiger charge is 2.14. The summed E-state index contributed by atoms with van der Waals surface area (Å²) < 4.78 is 2.44. The van der Waals surface area contributed by atoms with Gasteiger partial charge in [-0.25, -0.2) is 19.0 Å². The number of hydrogen-bond donors (Lipinski definition) is 2. The Morgan fingerprint density at radius 3 is 2.75 bits per heavy atom. The molecule has 3 aromatic rings. The van der Waals surface area contributed by atoms with Gasteiger partial charge in [-0.3, -0.25) is 14.3 Å². The minimum Gasteiger partial charge on any atom is -0.326 e. The molecule has 0 saturated heterocycles. The molecule has 3 rings (SSSR count). The van der Waals surface area contributed by atoms with Gasteiger partial charge in [0, 0.05) is 12.7 Å². The molecule has 0 spiro atoms. The molecule has 1 amide bonds. The molecule has 0 atom stereocenters. The van der Waals surface area contributed by atoms with Crippen LogP contribution in [-0.4, -0.2) is 24.8 Å². The second-order valence-corrected chi connectivity index (χ2v) is 5.72. The average Bonchev–Trinajstić information content (AvgIpc) is 2.93. The summed E-state index contributed by atoms with van der Waals surface area (Å²) in [6.07, 6.45) is 1.39. The van der Waals surface area contributed by atoms with Crippen molar-refractivity contribution >= 4 is 17.4 Å². The van der Waals surface area contributed by atoms with Gasteiger partial charge in [0.25, 0.3) is 0 Å². The van der Waals surface area contributed by atoms with Crippen LogP contribution in [0.5, 0.6) is 0 Å². The van der Waals surface area contributed by atoms with E-state index < -0.39 is 11.4 Å². The van der Waals surface area contributed by atoms with E-state index in [2.05, 4.69) is 15.3 Å². The van der Waals surface area contributed by atoms with Crippen LogP contribution >= 0.6 is 0 Å². The van der Waals surface area contributed by atoms with Crippen LogP contribution in [-0.2, 0) is 18.3 Å². The third-order valence-electron chi connectivity index (χ3n) is 3.85. The van der Waals surface area contributed by atoms with Gasteiger partial charge in [0.2, 0.25) is 11.7 Å². The summed E-state index contributed by atoms with van der Waals surface area (Å²) >= 11 is 0. The second-order valence-electron chi connectivity index (χ2n) is 5.72. The van der Waals surface area contributed by atoms with Crippen LogP contribution in [0.15, 0.2) is 34.0 Å². The predicted octanol–water partition coefficient (Wildman–Crippen LogP) is 0.519. The fourth-order valence-corrected chi connectivity index (χ4v) is 2.51. The average molecular weight is 327 g/mol. The van der Waals surface area contributed by atoms with Gasteiger partial charge in [0.1, 0.15) is 0 Å².